The molecule has 2 aliphatic carbocycles. The van der Waals surface area contributed by atoms with Crippen molar-refractivity contribution in [2.45, 2.75) is 10.8 Å². The molecule has 400 valence electrons. The van der Waals surface area contributed by atoms with E-state index in [0.29, 0.717) is 11.5 Å². The third-order valence-electron chi connectivity index (χ3n) is 17.0. The lowest BCUT2D eigenvalue weighted by Crippen LogP contribution is -2.29. The summed E-state index contributed by atoms with van der Waals surface area (Å²) in [6.45, 7) is 7.82. The lowest BCUT2D eigenvalue weighted by Gasteiger charge is -2.36. The summed E-state index contributed by atoms with van der Waals surface area (Å²) >= 11 is 1.79. The van der Waals surface area contributed by atoms with Gasteiger partial charge in [0.2, 0.25) is 0 Å². The van der Waals surface area contributed by atoms with Gasteiger partial charge in [-0.3, -0.25) is 0 Å². The summed E-state index contributed by atoms with van der Waals surface area (Å²) in [7, 11) is 0. The van der Waals surface area contributed by atoms with Gasteiger partial charge in [-0.05, 0) is 187 Å². The number of hydrogen-bond donors (Lipinski definition) is 0. The molecule has 0 radical (unpaired) electrons. The molecule has 6 heteroatoms. The summed E-state index contributed by atoms with van der Waals surface area (Å²) < 4.78 is 45.8. The molecule has 0 spiro atoms. The van der Waals surface area contributed by atoms with Crippen LogP contribution >= 0.6 is 11.3 Å². The van der Waals surface area contributed by atoms with E-state index in [4.69, 9.17) is 9.47 Å². The van der Waals surface area contributed by atoms with Gasteiger partial charge in [-0.15, -0.1) is 11.3 Å². The van der Waals surface area contributed by atoms with Crippen molar-refractivity contribution in [3.8, 4) is 45.3 Å². The fourth-order valence-electron chi connectivity index (χ4n) is 13.3. The summed E-state index contributed by atoms with van der Waals surface area (Å²) in [5, 5.41) is 2.36. The molecule has 0 aliphatic heterocycles. The number of hydrogen-bond acceptors (Lipinski definition) is 4. The van der Waals surface area contributed by atoms with Crippen molar-refractivity contribution in [3.63, 3.8) is 0 Å². The normalized spacial score (nSPS) is 15.5. The maximum Gasteiger partial charge on any atom is 0.127 e. The van der Waals surface area contributed by atoms with E-state index in [1.54, 1.807) is 35.6 Å². The Morgan fingerprint density at radius 3 is 1.19 bits per heavy atom. The Hall–Kier alpha value is -10.4. The molecule has 84 heavy (non-hydrogen) atoms. The Balaban J connectivity index is 0.958. The minimum Gasteiger partial charge on any atom is -0.457 e. The SMILES string of the molecule is C=Cc1ccc(Oc2ccc(C3(c4ccc(F)cc4)c4ccccc4-c4ccc(N(c5ccc6c(c5)C(c5ccc(F)cc5)(c5ccc(Oc7ccc(C=C)cc7)cc5)c5ccccc5-6)c5cccc6c5sc5ccccc56)cc43)cc2)cc1. The smallest absolute Gasteiger partial charge is 0.127 e. The van der Waals surface area contributed by atoms with Crippen LogP contribution in [0.4, 0.5) is 25.8 Å². The van der Waals surface area contributed by atoms with Gasteiger partial charge in [0.05, 0.1) is 21.2 Å². The Kier molecular flexibility index (Phi) is 12.2. The first-order chi connectivity index (χ1) is 41.3. The van der Waals surface area contributed by atoms with Crippen LogP contribution in [0.25, 0.3) is 54.6 Å². The minimum absolute atomic E-state index is 0.308. The van der Waals surface area contributed by atoms with Crippen molar-refractivity contribution in [1.29, 1.82) is 0 Å². The van der Waals surface area contributed by atoms with Gasteiger partial charge in [-0.2, -0.15) is 0 Å². The van der Waals surface area contributed by atoms with Gasteiger partial charge in [-0.25, -0.2) is 8.78 Å². The Bertz CT molecular complexity index is 4460. The molecule has 1 heterocycles. The van der Waals surface area contributed by atoms with Crippen LogP contribution < -0.4 is 14.4 Å². The second-order valence-electron chi connectivity index (χ2n) is 21.5. The van der Waals surface area contributed by atoms with Gasteiger partial charge in [0.15, 0.2) is 0 Å². The number of thiophene rings is 1. The molecule has 2 unspecified atom stereocenters. The van der Waals surface area contributed by atoms with E-state index in [9.17, 15) is 0 Å². The van der Waals surface area contributed by atoms with Crippen molar-refractivity contribution in [2.24, 2.45) is 0 Å². The third-order valence-corrected chi connectivity index (χ3v) is 18.2. The molecular formula is C78H51F2NO2S. The van der Waals surface area contributed by atoms with Crippen LogP contribution in [0.5, 0.6) is 23.0 Å². The quantitative estimate of drug-likeness (QED) is 0.115. The molecule has 0 amide bonds. The molecule has 0 saturated heterocycles. The van der Waals surface area contributed by atoms with Crippen molar-refractivity contribution in [3.05, 3.63) is 353 Å². The van der Waals surface area contributed by atoms with Gasteiger partial charge in [0.25, 0.3) is 0 Å². The van der Waals surface area contributed by atoms with E-state index in [-0.39, 0.29) is 11.6 Å². The highest BCUT2D eigenvalue weighted by Crippen LogP contribution is 2.60. The molecule has 1 aromatic heterocycles. The monoisotopic (exact) mass is 1100 g/mol. The second kappa shape index (κ2) is 20.2. The molecular weight excluding hydrogens is 1050 g/mol. The summed E-state index contributed by atoms with van der Waals surface area (Å²) in [4.78, 5) is 2.41. The number of halogens is 2. The Morgan fingerprint density at radius 2 is 0.738 bits per heavy atom. The topological polar surface area (TPSA) is 21.7 Å². The Morgan fingerprint density at radius 1 is 0.357 bits per heavy atom. The fourth-order valence-corrected chi connectivity index (χ4v) is 14.5. The number of rotatable bonds is 13. The van der Waals surface area contributed by atoms with Crippen molar-refractivity contribution in [1.82, 2.24) is 0 Å². The lowest BCUT2D eigenvalue weighted by atomic mass is 9.67. The largest absolute Gasteiger partial charge is 0.457 e. The molecule has 0 fully saturated rings. The molecule has 2 aliphatic rings. The van der Waals surface area contributed by atoms with Crippen molar-refractivity contribution >= 4 is 60.7 Å². The zero-order valence-electron chi connectivity index (χ0n) is 45.5. The molecule has 12 aromatic carbocycles. The average Bonchev–Trinajstić information content (AvgIpc) is 2.93. The zero-order chi connectivity index (χ0) is 56.5. The summed E-state index contributed by atoms with van der Waals surface area (Å²) in [5.74, 6) is 2.20. The highest BCUT2D eigenvalue weighted by Gasteiger charge is 2.48. The predicted molar refractivity (Wildman–Crippen MR) is 342 cm³/mol. The van der Waals surface area contributed by atoms with Gasteiger partial charge in [-0.1, -0.05) is 189 Å². The van der Waals surface area contributed by atoms with Crippen LogP contribution in [-0.2, 0) is 10.8 Å². The van der Waals surface area contributed by atoms with Crippen LogP contribution in [0, 0.1) is 11.6 Å². The highest BCUT2D eigenvalue weighted by molar-refractivity contribution is 7.26. The van der Waals surface area contributed by atoms with Gasteiger partial charge in [0, 0.05) is 26.8 Å². The summed E-state index contributed by atoms with van der Waals surface area (Å²) in [6, 6.07) is 92.6. The van der Waals surface area contributed by atoms with E-state index in [0.717, 1.165) is 111 Å². The lowest BCUT2D eigenvalue weighted by molar-refractivity contribution is 0.482. The Labute approximate surface area is 490 Å². The zero-order valence-corrected chi connectivity index (χ0v) is 46.3. The van der Waals surface area contributed by atoms with Gasteiger partial charge in [0.1, 0.15) is 34.6 Å². The van der Waals surface area contributed by atoms with E-state index in [2.05, 4.69) is 170 Å². The molecule has 15 rings (SSSR count). The van der Waals surface area contributed by atoms with E-state index >= 15 is 8.78 Å². The van der Waals surface area contributed by atoms with E-state index < -0.39 is 10.8 Å². The predicted octanol–water partition coefficient (Wildman–Crippen LogP) is 21.4. The first-order valence-corrected chi connectivity index (χ1v) is 28.9. The molecule has 2 atom stereocenters. The van der Waals surface area contributed by atoms with E-state index in [1.807, 2.05) is 109 Å². The molecule has 13 aromatic rings. The van der Waals surface area contributed by atoms with Crippen LogP contribution in [0.1, 0.15) is 55.6 Å². The third kappa shape index (κ3) is 8.05. The van der Waals surface area contributed by atoms with E-state index in [1.165, 1.54) is 15.5 Å². The van der Waals surface area contributed by atoms with Crippen LogP contribution in [0.2, 0.25) is 0 Å². The first-order valence-electron chi connectivity index (χ1n) is 28.0. The molecule has 0 saturated carbocycles. The number of fused-ring (bicyclic) bond motifs is 9. The van der Waals surface area contributed by atoms with Crippen molar-refractivity contribution in [2.75, 3.05) is 4.90 Å². The fraction of sp³-hybridized carbons (Fsp3) is 0.0256. The van der Waals surface area contributed by atoms with Crippen LogP contribution in [0.15, 0.2) is 286 Å². The number of anilines is 3. The molecule has 0 N–H and O–H groups in total. The second-order valence-corrected chi connectivity index (χ2v) is 22.5. The van der Waals surface area contributed by atoms with Crippen LogP contribution in [-0.4, -0.2) is 0 Å². The minimum atomic E-state index is -0.892. The summed E-state index contributed by atoms with van der Waals surface area (Å²) in [6.07, 6.45) is 3.63. The maximum atomic E-state index is 15.3. The summed E-state index contributed by atoms with van der Waals surface area (Å²) in [5.41, 5.74) is 15.7. The number of benzene rings is 12. The molecule has 3 nitrogen and oxygen atoms in total. The van der Waals surface area contributed by atoms with Crippen molar-refractivity contribution < 1.29 is 18.3 Å². The first kappa shape index (κ1) is 50.6. The number of nitrogens with zero attached hydrogens (tertiary/aromatic N) is 1. The average molecular weight is 1100 g/mol. The van der Waals surface area contributed by atoms with Gasteiger partial charge < -0.3 is 14.4 Å². The van der Waals surface area contributed by atoms with Crippen LogP contribution in [0.3, 0.4) is 0 Å². The van der Waals surface area contributed by atoms with Gasteiger partial charge >= 0.3 is 0 Å². The standard InChI is InChI=1S/C78H51F2NO2S/c1-3-50-20-38-60(39-21-50)82-62-42-28-54(29-43-62)77(52-24-32-56(79)33-25-52)70-16-8-5-12-64(70)66-46-36-58(48-72(66)77)81(74-18-11-15-69-68-14-7-10-19-75(68)84-76(69)74)59-37-47-67-65-13-6-9-17-71(65)78(73(67)49-59,53-26-34-57(80)35-27-53)55-30-44-63(45-31-55)83-61-40-22-51(4-2)23-41-61/h3-49H,1-2H2. The number of ether oxygens (including phenoxy) is 2. The highest BCUT2D eigenvalue weighted by atomic mass is 32.1. The molecule has 0 bridgehead atoms. The maximum absolute atomic E-state index is 15.3.